The molecule has 0 saturated carbocycles. The summed E-state index contributed by atoms with van der Waals surface area (Å²) in [5, 5.41) is 0.495. The molecule has 0 heterocycles. The third-order valence-electron chi connectivity index (χ3n) is 2.84. The van der Waals surface area contributed by atoms with E-state index >= 15 is 0 Å². The summed E-state index contributed by atoms with van der Waals surface area (Å²) in [6, 6.07) is 5.06. The Morgan fingerprint density at radius 2 is 2.12 bits per heavy atom. The number of rotatable bonds is 2. The van der Waals surface area contributed by atoms with E-state index in [4.69, 9.17) is 17.3 Å². The van der Waals surface area contributed by atoms with Gasteiger partial charge in [0.1, 0.15) is 0 Å². The number of benzene rings is 1. The molecule has 2 rings (SSSR count). The molecule has 0 amide bonds. The monoisotopic (exact) mass is 235 g/mol. The quantitative estimate of drug-likeness (QED) is 0.629. The second kappa shape index (κ2) is 4.71. The average Bonchev–Trinajstić information content (AvgIpc) is 2.33. The largest absolute Gasteiger partial charge is 0.398 e. The Labute approximate surface area is 100 Å². The molecule has 3 heteroatoms. The van der Waals surface area contributed by atoms with Gasteiger partial charge in [0.2, 0.25) is 0 Å². The Morgan fingerprint density at radius 3 is 2.75 bits per heavy atom. The minimum Gasteiger partial charge on any atom is -0.398 e. The molecule has 16 heavy (non-hydrogen) atoms. The van der Waals surface area contributed by atoms with Crippen LogP contribution in [0.3, 0.4) is 0 Å². The van der Waals surface area contributed by atoms with E-state index in [1.807, 2.05) is 6.08 Å². The SMILES string of the molecule is Nc1cc(C(=O)C2=CCCCC2)ccc1Cl. The normalized spacial score (nSPS) is 15.7. The van der Waals surface area contributed by atoms with Crippen molar-refractivity contribution in [2.75, 3.05) is 5.73 Å². The zero-order valence-corrected chi connectivity index (χ0v) is 9.76. The van der Waals surface area contributed by atoms with E-state index in [-0.39, 0.29) is 5.78 Å². The van der Waals surface area contributed by atoms with Crippen LogP contribution < -0.4 is 5.73 Å². The number of Topliss-reactive ketones (excluding diaryl/α,β-unsaturated/α-hetero) is 1. The van der Waals surface area contributed by atoms with Crippen LogP contribution in [0.2, 0.25) is 5.02 Å². The van der Waals surface area contributed by atoms with Crippen molar-refractivity contribution in [1.82, 2.24) is 0 Å². The van der Waals surface area contributed by atoms with E-state index in [2.05, 4.69) is 0 Å². The maximum atomic E-state index is 12.1. The second-order valence-electron chi connectivity index (χ2n) is 4.04. The summed E-state index contributed by atoms with van der Waals surface area (Å²) in [4.78, 5) is 12.1. The van der Waals surface area contributed by atoms with Crippen molar-refractivity contribution in [3.8, 4) is 0 Å². The van der Waals surface area contributed by atoms with Gasteiger partial charge < -0.3 is 5.73 Å². The van der Waals surface area contributed by atoms with Crippen molar-refractivity contribution in [1.29, 1.82) is 0 Å². The van der Waals surface area contributed by atoms with Crippen molar-refractivity contribution in [3.63, 3.8) is 0 Å². The Hall–Kier alpha value is -1.28. The van der Waals surface area contributed by atoms with Gasteiger partial charge in [-0.3, -0.25) is 4.79 Å². The summed E-state index contributed by atoms with van der Waals surface area (Å²) in [6.07, 6.45) is 6.20. The number of allylic oxidation sites excluding steroid dienone is 2. The average molecular weight is 236 g/mol. The first kappa shape index (κ1) is 11.2. The predicted molar refractivity (Wildman–Crippen MR) is 66.7 cm³/mol. The van der Waals surface area contributed by atoms with Gasteiger partial charge in [0.05, 0.1) is 10.7 Å². The van der Waals surface area contributed by atoms with Crippen molar-refractivity contribution in [2.45, 2.75) is 25.7 Å². The molecule has 1 aromatic rings. The fourth-order valence-electron chi connectivity index (χ4n) is 1.91. The summed E-state index contributed by atoms with van der Waals surface area (Å²) < 4.78 is 0. The highest BCUT2D eigenvalue weighted by molar-refractivity contribution is 6.33. The van der Waals surface area contributed by atoms with Crippen LogP contribution in [-0.4, -0.2) is 5.78 Å². The number of hydrogen-bond acceptors (Lipinski definition) is 2. The van der Waals surface area contributed by atoms with E-state index in [9.17, 15) is 4.79 Å². The highest BCUT2D eigenvalue weighted by Crippen LogP contribution is 2.24. The van der Waals surface area contributed by atoms with E-state index in [1.165, 1.54) is 6.42 Å². The van der Waals surface area contributed by atoms with Gasteiger partial charge in [-0.15, -0.1) is 0 Å². The molecule has 0 fully saturated rings. The molecule has 84 valence electrons. The standard InChI is InChI=1S/C13H14ClNO/c14-11-7-6-10(8-12(11)15)13(16)9-4-2-1-3-5-9/h4,6-8H,1-3,5,15H2. The maximum Gasteiger partial charge on any atom is 0.188 e. The highest BCUT2D eigenvalue weighted by atomic mass is 35.5. The summed E-state index contributed by atoms with van der Waals surface area (Å²) >= 11 is 5.82. The molecular weight excluding hydrogens is 222 g/mol. The minimum absolute atomic E-state index is 0.0862. The molecule has 0 radical (unpaired) electrons. The van der Waals surface area contributed by atoms with E-state index in [0.29, 0.717) is 16.3 Å². The summed E-state index contributed by atoms with van der Waals surface area (Å²) in [6.45, 7) is 0. The number of carbonyl (C=O) groups excluding carboxylic acids is 1. The Balaban J connectivity index is 2.26. The zero-order valence-electron chi connectivity index (χ0n) is 9.00. The molecule has 0 unspecified atom stereocenters. The van der Waals surface area contributed by atoms with Gasteiger partial charge in [-0.1, -0.05) is 17.7 Å². The van der Waals surface area contributed by atoms with Crippen molar-refractivity contribution in [3.05, 3.63) is 40.4 Å². The molecule has 1 aliphatic carbocycles. The molecule has 0 atom stereocenters. The molecule has 1 aromatic carbocycles. The van der Waals surface area contributed by atoms with Crippen LogP contribution in [0.1, 0.15) is 36.0 Å². The summed E-state index contributed by atoms with van der Waals surface area (Å²) in [7, 11) is 0. The summed E-state index contributed by atoms with van der Waals surface area (Å²) in [5.41, 5.74) is 7.69. The Bertz CT molecular complexity index is 451. The summed E-state index contributed by atoms with van der Waals surface area (Å²) in [5.74, 6) is 0.0862. The van der Waals surface area contributed by atoms with Crippen LogP contribution >= 0.6 is 11.6 Å². The molecule has 0 aliphatic heterocycles. The smallest absolute Gasteiger partial charge is 0.188 e. The van der Waals surface area contributed by atoms with Crippen LogP contribution in [0.15, 0.2) is 29.8 Å². The lowest BCUT2D eigenvalue weighted by Gasteiger charge is -2.11. The van der Waals surface area contributed by atoms with Crippen LogP contribution in [0, 0.1) is 0 Å². The number of nitrogen functional groups attached to an aromatic ring is 1. The Morgan fingerprint density at radius 1 is 1.31 bits per heavy atom. The van der Waals surface area contributed by atoms with Crippen molar-refractivity contribution < 1.29 is 4.79 Å². The maximum absolute atomic E-state index is 12.1. The fraction of sp³-hybridized carbons (Fsp3) is 0.308. The van der Waals surface area contributed by atoms with Crippen LogP contribution in [0.4, 0.5) is 5.69 Å². The van der Waals surface area contributed by atoms with E-state index < -0.39 is 0 Å². The van der Waals surface area contributed by atoms with Gasteiger partial charge in [0, 0.05) is 5.56 Å². The van der Waals surface area contributed by atoms with Gasteiger partial charge in [-0.2, -0.15) is 0 Å². The molecule has 0 saturated heterocycles. The second-order valence-corrected chi connectivity index (χ2v) is 4.45. The molecule has 2 N–H and O–H groups in total. The van der Waals surface area contributed by atoms with Crippen LogP contribution in [-0.2, 0) is 0 Å². The molecule has 1 aliphatic rings. The zero-order chi connectivity index (χ0) is 11.5. The molecule has 0 aromatic heterocycles. The first-order valence-corrected chi connectivity index (χ1v) is 5.85. The third kappa shape index (κ3) is 2.27. The number of hydrogen-bond donors (Lipinski definition) is 1. The first-order valence-electron chi connectivity index (χ1n) is 5.47. The van der Waals surface area contributed by atoms with Gasteiger partial charge >= 0.3 is 0 Å². The lowest BCUT2D eigenvalue weighted by atomic mass is 9.93. The number of carbonyl (C=O) groups is 1. The fourth-order valence-corrected chi connectivity index (χ4v) is 2.03. The van der Waals surface area contributed by atoms with Gasteiger partial charge in [0.25, 0.3) is 0 Å². The molecule has 0 bridgehead atoms. The van der Waals surface area contributed by atoms with Crippen molar-refractivity contribution in [2.24, 2.45) is 0 Å². The molecule has 2 nitrogen and oxygen atoms in total. The molecular formula is C13H14ClNO. The Kier molecular flexibility index (Phi) is 3.30. The first-order chi connectivity index (χ1) is 7.68. The van der Waals surface area contributed by atoms with Gasteiger partial charge in [-0.25, -0.2) is 0 Å². The highest BCUT2D eigenvalue weighted by Gasteiger charge is 2.14. The number of anilines is 1. The number of halogens is 1. The van der Waals surface area contributed by atoms with Crippen molar-refractivity contribution >= 4 is 23.1 Å². The van der Waals surface area contributed by atoms with E-state index in [0.717, 1.165) is 24.8 Å². The number of ketones is 1. The lowest BCUT2D eigenvalue weighted by Crippen LogP contribution is -2.07. The molecule has 0 spiro atoms. The van der Waals surface area contributed by atoms with Crippen LogP contribution in [0.5, 0.6) is 0 Å². The minimum atomic E-state index is 0.0862. The van der Waals surface area contributed by atoms with E-state index in [1.54, 1.807) is 18.2 Å². The lowest BCUT2D eigenvalue weighted by molar-refractivity contribution is 0.102. The predicted octanol–water partition coefficient (Wildman–Crippen LogP) is 3.61. The van der Waals surface area contributed by atoms with Crippen LogP contribution in [0.25, 0.3) is 0 Å². The topological polar surface area (TPSA) is 43.1 Å². The third-order valence-corrected chi connectivity index (χ3v) is 3.19. The van der Waals surface area contributed by atoms with Gasteiger partial charge in [0.15, 0.2) is 5.78 Å². The number of nitrogens with two attached hydrogens (primary N) is 1. The van der Waals surface area contributed by atoms with Gasteiger partial charge in [-0.05, 0) is 49.5 Å².